The predicted molar refractivity (Wildman–Crippen MR) is 94.2 cm³/mol. The van der Waals surface area contributed by atoms with E-state index in [0.717, 1.165) is 17.1 Å². The predicted octanol–water partition coefficient (Wildman–Crippen LogP) is 2.45. The Morgan fingerprint density at radius 1 is 1.29 bits per heavy atom. The molecule has 3 N–H and O–H groups in total. The van der Waals surface area contributed by atoms with E-state index in [4.69, 9.17) is 0 Å². The molecule has 0 fully saturated rings. The van der Waals surface area contributed by atoms with Crippen LogP contribution in [0.2, 0.25) is 0 Å². The van der Waals surface area contributed by atoms with Gasteiger partial charge in [0, 0.05) is 43.5 Å². The fourth-order valence-electron chi connectivity index (χ4n) is 2.28. The molecule has 0 spiro atoms. The van der Waals surface area contributed by atoms with Crippen LogP contribution in [0.5, 0.6) is 0 Å². The molecule has 0 aliphatic rings. The molecule has 7 heteroatoms. The van der Waals surface area contributed by atoms with Gasteiger partial charge in [0.1, 0.15) is 0 Å². The van der Waals surface area contributed by atoms with Crippen molar-refractivity contribution >= 4 is 23.3 Å². The Morgan fingerprint density at radius 2 is 1.96 bits per heavy atom. The number of benzene rings is 1. The molecule has 2 aromatic rings. The van der Waals surface area contributed by atoms with Crippen molar-refractivity contribution in [1.29, 1.82) is 0 Å². The summed E-state index contributed by atoms with van der Waals surface area (Å²) in [5.41, 5.74) is 3.35. The van der Waals surface area contributed by atoms with Gasteiger partial charge < -0.3 is 15.5 Å². The van der Waals surface area contributed by atoms with Crippen LogP contribution in [0, 0.1) is 6.92 Å². The number of urea groups is 1. The standard InChI is InChI=1S/C17H23N5O2/c1-11(9-15-10-12(2)20-21-15)18-17(24)19-14-5-7-16(8-6-14)22(4)13(3)23/h5-8,10-11H,9H2,1-4H3,(H,20,21)(H2,18,19,24). The SMILES string of the molecule is CC(=O)N(C)c1ccc(NC(=O)NC(C)Cc2cc(C)[nH]n2)cc1. The second kappa shape index (κ2) is 7.63. The van der Waals surface area contributed by atoms with Crippen LogP contribution in [0.25, 0.3) is 0 Å². The number of anilines is 2. The van der Waals surface area contributed by atoms with Gasteiger partial charge in [0.15, 0.2) is 0 Å². The number of amides is 3. The first-order valence-electron chi connectivity index (χ1n) is 7.78. The van der Waals surface area contributed by atoms with Gasteiger partial charge in [-0.3, -0.25) is 9.89 Å². The van der Waals surface area contributed by atoms with Crippen LogP contribution in [0.4, 0.5) is 16.2 Å². The zero-order valence-electron chi connectivity index (χ0n) is 14.4. The summed E-state index contributed by atoms with van der Waals surface area (Å²) in [4.78, 5) is 24.9. The molecule has 24 heavy (non-hydrogen) atoms. The molecule has 1 aromatic carbocycles. The van der Waals surface area contributed by atoms with Crippen LogP contribution < -0.4 is 15.5 Å². The topological polar surface area (TPSA) is 90.1 Å². The Morgan fingerprint density at radius 3 is 2.50 bits per heavy atom. The number of nitrogens with one attached hydrogen (secondary N) is 3. The lowest BCUT2D eigenvalue weighted by molar-refractivity contribution is -0.116. The molecule has 0 radical (unpaired) electrons. The van der Waals surface area contributed by atoms with Gasteiger partial charge in [-0.1, -0.05) is 0 Å². The minimum absolute atomic E-state index is 0.0455. The monoisotopic (exact) mass is 329 g/mol. The molecule has 0 saturated carbocycles. The average molecular weight is 329 g/mol. The second-order valence-electron chi connectivity index (χ2n) is 5.87. The van der Waals surface area contributed by atoms with Crippen LogP contribution in [0.1, 0.15) is 25.2 Å². The highest BCUT2D eigenvalue weighted by Crippen LogP contribution is 2.16. The molecule has 0 aliphatic carbocycles. The van der Waals surface area contributed by atoms with Crippen LogP contribution >= 0.6 is 0 Å². The fraction of sp³-hybridized carbons (Fsp3) is 0.353. The molecule has 0 aliphatic heterocycles. The molecule has 1 heterocycles. The lowest BCUT2D eigenvalue weighted by atomic mass is 10.2. The number of aromatic amines is 1. The van der Waals surface area contributed by atoms with Gasteiger partial charge in [0.25, 0.3) is 0 Å². The Bertz CT molecular complexity index is 708. The van der Waals surface area contributed by atoms with Crippen molar-refractivity contribution in [3.8, 4) is 0 Å². The van der Waals surface area contributed by atoms with Crippen molar-refractivity contribution in [3.05, 3.63) is 41.7 Å². The number of hydrogen-bond donors (Lipinski definition) is 3. The van der Waals surface area contributed by atoms with Gasteiger partial charge in [0.2, 0.25) is 5.91 Å². The molecule has 0 saturated heterocycles. The van der Waals surface area contributed by atoms with Crippen LogP contribution in [0.15, 0.2) is 30.3 Å². The van der Waals surface area contributed by atoms with Crippen LogP contribution in [-0.4, -0.2) is 35.2 Å². The summed E-state index contributed by atoms with van der Waals surface area (Å²) in [7, 11) is 1.70. The zero-order valence-corrected chi connectivity index (χ0v) is 14.4. The quantitative estimate of drug-likeness (QED) is 0.787. The molecule has 2 rings (SSSR count). The fourth-order valence-corrected chi connectivity index (χ4v) is 2.28. The highest BCUT2D eigenvalue weighted by Gasteiger charge is 2.10. The normalized spacial score (nSPS) is 11.7. The molecular weight excluding hydrogens is 306 g/mol. The van der Waals surface area contributed by atoms with E-state index in [9.17, 15) is 9.59 Å². The minimum Gasteiger partial charge on any atom is -0.335 e. The summed E-state index contributed by atoms with van der Waals surface area (Å²) >= 11 is 0. The summed E-state index contributed by atoms with van der Waals surface area (Å²) in [6, 6.07) is 8.73. The number of aromatic nitrogens is 2. The Labute approximate surface area is 141 Å². The van der Waals surface area contributed by atoms with Crippen molar-refractivity contribution in [2.45, 2.75) is 33.2 Å². The van der Waals surface area contributed by atoms with E-state index >= 15 is 0 Å². The van der Waals surface area contributed by atoms with Gasteiger partial charge in [-0.2, -0.15) is 5.10 Å². The van der Waals surface area contributed by atoms with E-state index in [1.165, 1.54) is 11.8 Å². The molecule has 1 aromatic heterocycles. The maximum absolute atomic E-state index is 12.0. The summed E-state index contributed by atoms with van der Waals surface area (Å²) < 4.78 is 0. The first kappa shape index (κ1) is 17.5. The van der Waals surface area contributed by atoms with Crippen molar-refractivity contribution in [1.82, 2.24) is 15.5 Å². The van der Waals surface area contributed by atoms with E-state index < -0.39 is 0 Å². The van der Waals surface area contributed by atoms with Crippen LogP contribution in [0.3, 0.4) is 0 Å². The summed E-state index contributed by atoms with van der Waals surface area (Å²) in [5, 5.41) is 12.7. The third kappa shape index (κ3) is 4.84. The number of carbonyl (C=O) groups is 2. The summed E-state index contributed by atoms with van der Waals surface area (Å²) in [6.07, 6.45) is 0.653. The second-order valence-corrected chi connectivity index (χ2v) is 5.87. The van der Waals surface area contributed by atoms with Crippen LogP contribution in [-0.2, 0) is 11.2 Å². The maximum Gasteiger partial charge on any atom is 0.319 e. The lowest BCUT2D eigenvalue weighted by Gasteiger charge is -2.16. The third-order valence-electron chi connectivity index (χ3n) is 3.64. The molecule has 1 unspecified atom stereocenters. The minimum atomic E-state index is -0.276. The molecule has 7 nitrogen and oxygen atoms in total. The largest absolute Gasteiger partial charge is 0.335 e. The highest BCUT2D eigenvalue weighted by molar-refractivity contribution is 5.92. The van der Waals surface area contributed by atoms with E-state index in [0.29, 0.717) is 12.1 Å². The van der Waals surface area contributed by atoms with Gasteiger partial charge in [0.05, 0.1) is 5.69 Å². The number of rotatable bonds is 5. The average Bonchev–Trinajstić information content (AvgIpc) is 2.91. The zero-order chi connectivity index (χ0) is 17.7. The molecular formula is C17H23N5O2. The molecule has 128 valence electrons. The van der Waals surface area contributed by atoms with E-state index in [-0.39, 0.29) is 18.0 Å². The highest BCUT2D eigenvalue weighted by atomic mass is 16.2. The summed E-state index contributed by atoms with van der Waals surface area (Å²) in [6.45, 7) is 5.37. The van der Waals surface area contributed by atoms with Gasteiger partial charge in [-0.25, -0.2) is 4.79 Å². The van der Waals surface area contributed by atoms with Crippen molar-refractivity contribution in [3.63, 3.8) is 0 Å². The molecule has 0 bridgehead atoms. The smallest absolute Gasteiger partial charge is 0.319 e. The summed E-state index contributed by atoms with van der Waals surface area (Å²) in [5.74, 6) is -0.0455. The Balaban J connectivity index is 1.86. The Kier molecular flexibility index (Phi) is 5.57. The van der Waals surface area contributed by atoms with Crippen molar-refractivity contribution < 1.29 is 9.59 Å². The van der Waals surface area contributed by atoms with Crippen molar-refractivity contribution in [2.24, 2.45) is 0 Å². The lowest BCUT2D eigenvalue weighted by Crippen LogP contribution is -2.37. The van der Waals surface area contributed by atoms with Gasteiger partial charge in [-0.15, -0.1) is 0 Å². The maximum atomic E-state index is 12.0. The van der Waals surface area contributed by atoms with E-state index in [1.54, 1.807) is 31.3 Å². The van der Waals surface area contributed by atoms with Gasteiger partial charge >= 0.3 is 6.03 Å². The van der Waals surface area contributed by atoms with Crippen molar-refractivity contribution in [2.75, 3.05) is 17.3 Å². The molecule has 3 amide bonds. The first-order valence-corrected chi connectivity index (χ1v) is 7.78. The number of hydrogen-bond acceptors (Lipinski definition) is 3. The number of nitrogens with zero attached hydrogens (tertiary/aromatic N) is 2. The van der Waals surface area contributed by atoms with Gasteiger partial charge in [-0.05, 0) is 44.2 Å². The van der Waals surface area contributed by atoms with E-state index in [2.05, 4.69) is 20.8 Å². The molecule has 1 atom stereocenters. The Hall–Kier alpha value is -2.83. The van der Waals surface area contributed by atoms with E-state index in [1.807, 2.05) is 19.9 Å². The number of H-pyrrole nitrogens is 1. The first-order chi connectivity index (χ1) is 11.3. The number of aryl methyl sites for hydroxylation is 1. The third-order valence-corrected chi connectivity index (χ3v) is 3.64. The number of carbonyl (C=O) groups excluding carboxylic acids is 2.